The number of carbonyl (C=O) groups is 3. The Morgan fingerprint density at radius 2 is 1.97 bits per heavy atom. The minimum absolute atomic E-state index is 0.0471. The number of hydrogen-bond acceptors (Lipinski definition) is 8. The molecule has 1 aromatic carbocycles. The lowest BCUT2D eigenvalue weighted by molar-refractivity contribution is -0.120. The van der Waals surface area contributed by atoms with Crippen LogP contribution in [0.2, 0.25) is 0 Å². The molecule has 3 amide bonds. The standard InChI is InChI=1S/C24H26N2O6S3/c1-16-11-12-18(25-21(28)32-23(2,3)4)15-17(16)9-6-5-7-13-24(20(27)26-22(29)34-24)35(30,31)19-10-8-14-33-19/h8,10-12,14-15H,5,7,13H2,1-4H3,(H,25,28)(H,26,27,29). The molecule has 8 nitrogen and oxygen atoms in total. The summed E-state index contributed by atoms with van der Waals surface area (Å²) in [5, 5.41) is 5.73. The molecular weight excluding hydrogens is 508 g/mol. The molecule has 3 rings (SSSR count). The van der Waals surface area contributed by atoms with E-state index in [2.05, 4.69) is 22.5 Å². The SMILES string of the molecule is Cc1ccc(NC(=O)OC(C)(C)C)cc1C#CCCCC1(S(=O)(=O)c2cccs2)SC(=O)NC1=O. The second kappa shape index (κ2) is 10.4. The summed E-state index contributed by atoms with van der Waals surface area (Å²) in [6.07, 6.45) is -0.0179. The summed E-state index contributed by atoms with van der Waals surface area (Å²) in [4.78, 5) is 36.5. The second-order valence-electron chi connectivity index (χ2n) is 8.84. The van der Waals surface area contributed by atoms with Crippen LogP contribution in [0.15, 0.2) is 39.9 Å². The Kier molecular flexibility index (Phi) is 7.99. The van der Waals surface area contributed by atoms with Crippen LogP contribution in [0.5, 0.6) is 0 Å². The maximum Gasteiger partial charge on any atom is 0.412 e. The molecule has 1 aromatic heterocycles. The van der Waals surface area contributed by atoms with Crippen LogP contribution in [0.3, 0.4) is 0 Å². The van der Waals surface area contributed by atoms with Gasteiger partial charge in [-0.15, -0.1) is 11.3 Å². The third-order valence-electron chi connectivity index (χ3n) is 4.93. The molecule has 0 aliphatic carbocycles. The Hall–Kier alpha value is -2.81. The van der Waals surface area contributed by atoms with Gasteiger partial charge in [-0.3, -0.25) is 20.2 Å². The Morgan fingerprint density at radius 1 is 1.23 bits per heavy atom. The molecule has 2 N–H and O–H groups in total. The lowest BCUT2D eigenvalue weighted by atomic mass is 10.1. The number of anilines is 1. The zero-order chi connectivity index (χ0) is 25.9. The molecule has 186 valence electrons. The fourth-order valence-corrected chi connectivity index (χ4v) is 8.05. The summed E-state index contributed by atoms with van der Waals surface area (Å²) in [6.45, 7) is 7.21. The highest BCUT2D eigenvalue weighted by atomic mass is 32.3. The quantitative estimate of drug-likeness (QED) is 0.392. The first kappa shape index (κ1) is 26.8. The fraction of sp³-hybridized carbons (Fsp3) is 0.375. The van der Waals surface area contributed by atoms with Crippen molar-refractivity contribution in [1.29, 1.82) is 0 Å². The van der Waals surface area contributed by atoms with E-state index in [1.807, 2.05) is 13.0 Å². The van der Waals surface area contributed by atoms with E-state index in [1.165, 1.54) is 6.07 Å². The number of hydrogen-bond donors (Lipinski definition) is 2. The van der Waals surface area contributed by atoms with Crippen molar-refractivity contribution in [2.45, 2.75) is 60.8 Å². The third kappa shape index (κ3) is 6.25. The fourth-order valence-electron chi connectivity index (χ4n) is 3.29. The predicted octanol–water partition coefficient (Wildman–Crippen LogP) is 5.08. The first-order chi connectivity index (χ1) is 16.3. The predicted molar refractivity (Wildman–Crippen MR) is 137 cm³/mol. The number of nitrogens with one attached hydrogen (secondary N) is 2. The number of benzene rings is 1. The molecule has 1 aliphatic heterocycles. The van der Waals surface area contributed by atoms with Crippen molar-refractivity contribution in [1.82, 2.24) is 5.32 Å². The topological polar surface area (TPSA) is 119 Å². The number of ether oxygens (including phenoxy) is 1. The molecule has 1 saturated heterocycles. The van der Waals surface area contributed by atoms with Crippen LogP contribution in [0, 0.1) is 18.8 Å². The number of unbranched alkanes of at least 4 members (excludes halogenated alkanes) is 1. The summed E-state index contributed by atoms with van der Waals surface area (Å²) in [5.74, 6) is 5.22. The van der Waals surface area contributed by atoms with Gasteiger partial charge in [-0.05, 0) is 81.4 Å². The number of rotatable bonds is 6. The van der Waals surface area contributed by atoms with Gasteiger partial charge in [0.2, 0.25) is 13.9 Å². The molecule has 11 heteroatoms. The Labute approximate surface area is 213 Å². The molecule has 1 fully saturated rings. The van der Waals surface area contributed by atoms with E-state index in [9.17, 15) is 22.8 Å². The molecule has 1 unspecified atom stereocenters. The van der Waals surface area contributed by atoms with E-state index < -0.39 is 36.8 Å². The highest BCUT2D eigenvalue weighted by molar-refractivity contribution is 8.25. The number of thioether (sulfide) groups is 1. The van der Waals surface area contributed by atoms with Crippen LogP contribution in [-0.2, 0) is 19.4 Å². The zero-order valence-electron chi connectivity index (χ0n) is 19.8. The van der Waals surface area contributed by atoms with Gasteiger partial charge in [0.25, 0.3) is 11.1 Å². The highest BCUT2D eigenvalue weighted by Gasteiger charge is 2.58. The van der Waals surface area contributed by atoms with E-state index in [0.717, 1.165) is 16.9 Å². The Bertz CT molecular complexity index is 1300. The first-order valence-electron chi connectivity index (χ1n) is 10.8. The Balaban J connectivity index is 1.70. The van der Waals surface area contributed by atoms with Crippen molar-refractivity contribution in [2.75, 3.05) is 5.32 Å². The average Bonchev–Trinajstić information content (AvgIpc) is 3.37. The van der Waals surface area contributed by atoms with Crippen molar-refractivity contribution in [2.24, 2.45) is 0 Å². The van der Waals surface area contributed by atoms with E-state index in [1.54, 1.807) is 44.4 Å². The average molecular weight is 535 g/mol. The molecule has 2 heterocycles. The van der Waals surface area contributed by atoms with Gasteiger partial charge in [0, 0.05) is 17.7 Å². The van der Waals surface area contributed by atoms with E-state index in [4.69, 9.17) is 4.74 Å². The van der Waals surface area contributed by atoms with Crippen LogP contribution in [-0.4, -0.2) is 35.3 Å². The van der Waals surface area contributed by atoms with E-state index in [0.29, 0.717) is 35.9 Å². The van der Waals surface area contributed by atoms with Gasteiger partial charge in [0.05, 0.1) is 0 Å². The van der Waals surface area contributed by atoms with Gasteiger partial charge in [0.15, 0.2) is 0 Å². The molecular formula is C24H26N2O6S3. The van der Waals surface area contributed by atoms with Crippen LogP contribution in [0.25, 0.3) is 0 Å². The summed E-state index contributed by atoms with van der Waals surface area (Å²) >= 11 is 1.52. The van der Waals surface area contributed by atoms with Gasteiger partial charge in [0.1, 0.15) is 9.81 Å². The van der Waals surface area contributed by atoms with Crippen molar-refractivity contribution < 1.29 is 27.5 Å². The van der Waals surface area contributed by atoms with Crippen LogP contribution < -0.4 is 10.6 Å². The van der Waals surface area contributed by atoms with Crippen LogP contribution in [0.1, 0.15) is 51.2 Å². The van der Waals surface area contributed by atoms with Gasteiger partial charge in [-0.1, -0.05) is 24.0 Å². The monoisotopic (exact) mass is 534 g/mol. The number of imide groups is 1. The number of sulfone groups is 1. The normalized spacial score (nSPS) is 17.9. The second-order valence-corrected chi connectivity index (χ2v) is 13.7. The van der Waals surface area contributed by atoms with Gasteiger partial charge in [-0.2, -0.15) is 0 Å². The maximum absolute atomic E-state index is 13.2. The van der Waals surface area contributed by atoms with Gasteiger partial charge in [-0.25, -0.2) is 13.2 Å². The minimum Gasteiger partial charge on any atom is -0.444 e. The van der Waals surface area contributed by atoms with Gasteiger partial charge < -0.3 is 4.74 Å². The Morgan fingerprint density at radius 3 is 2.57 bits per heavy atom. The van der Waals surface area contributed by atoms with Crippen molar-refractivity contribution in [3.8, 4) is 11.8 Å². The number of thiophene rings is 1. The van der Waals surface area contributed by atoms with E-state index in [-0.39, 0.29) is 10.6 Å². The van der Waals surface area contributed by atoms with Crippen molar-refractivity contribution in [3.05, 3.63) is 46.8 Å². The molecule has 0 bridgehead atoms. The summed E-state index contributed by atoms with van der Waals surface area (Å²) in [5.41, 5.74) is 1.51. The largest absolute Gasteiger partial charge is 0.444 e. The molecule has 0 spiro atoms. The molecule has 35 heavy (non-hydrogen) atoms. The molecule has 1 aliphatic rings. The molecule has 0 saturated carbocycles. The molecule has 1 atom stereocenters. The number of amides is 3. The molecule has 2 aromatic rings. The highest BCUT2D eigenvalue weighted by Crippen LogP contribution is 2.45. The maximum atomic E-state index is 13.2. The van der Waals surface area contributed by atoms with Gasteiger partial charge >= 0.3 is 6.09 Å². The van der Waals surface area contributed by atoms with Crippen molar-refractivity contribution in [3.63, 3.8) is 0 Å². The zero-order valence-corrected chi connectivity index (χ0v) is 22.2. The summed E-state index contributed by atoms with van der Waals surface area (Å²) in [6, 6.07) is 8.32. The van der Waals surface area contributed by atoms with E-state index >= 15 is 0 Å². The minimum atomic E-state index is -4.07. The summed E-state index contributed by atoms with van der Waals surface area (Å²) in [7, 11) is -4.07. The summed E-state index contributed by atoms with van der Waals surface area (Å²) < 4.78 is 29.8. The third-order valence-corrected chi connectivity index (χ3v) is 10.4. The lowest BCUT2D eigenvalue weighted by Gasteiger charge is -2.23. The van der Waals surface area contributed by atoms with Crippen LogP contribution >= 0.6 is 23.1 Å². The first-order valence-corrected chi connectivity index (χ1v) is 13.9. The smallest absolute Gasteiger partial charge is 0.412 e. The lowest BCUT2D eigenvalue weighted by Crippen LogP contribution is -2.43. The van der Waals surface area contributed by atoms with Crippen LogP contribution in [0.4, 0.5) is 15.3 Å². The number of aryl methyl sites for hydroxylation is 1. The molecule has 0 radical (unpaired) electrons. The number of carbonyl (C=O) groups excluding carboxylic acids is 3. The van der Waals surface area contributed by atoms with Crippen molar-refractivity contribution >= 4 is 55.9 Å².